The summed E-state index contributed by atoms with van der Waals surface area (Å²) < 4.78 is 7.04. The van der Waals surface area contributed by atoms with Crippen molar-refractivity contribution in [3.05, 3.63) is 46.4 Å². The van der Waals surface area contributed by atoms with Crippen LogP contribution in [0.25, 0.3) is 20.4 Å². The molecule has 0 aliphatic heterocycles. The van der Waals surface area contributed by atoms with Gasteiger partial charge >= 0.3 is 0 Å². The number of amides is 1. The van der Waals surface area contributed by atoms with Crippen LogP contribution in [0.1, 0.15) is 10.4 Å². The Bertz CT molecular complexity index is 1070. The van der Waals surface area contributed by atoms with Crippen LogP contribution in [0.3, 0.4) is 0 Å². The van der Waals surface area contributed by atoms with Crippen molar-refractivity contribution in [2.24, 2.45) is 0 Å². The van der Waals surface area contributed by atoms with Crippen LogP contribution < -0.4 is 10.1 Å². The third-order valence-electron chi connectivity index (χ3n) is 3.49. The fourth-order valence-electron chi connectivity index (χ4n) is 2.34. The molecule has 0 saturated heterocycles. The molecular formula is C16H10ClN3O2S2. The van der Waals surface area contributed by atoms with Crippen LogP contribution in [0.15, 0.2) is 35.8 Å². The number of nitrogens with one attached hydrogen (secondary N) is 1. The van der Waals surface area contributed by atoms with Crippen molar-refractivity contribution >= 4 is 65.7 Å². The molecule has 0 aliphatic carbocycles. The van der Waals surface area contributed by atoms with E-state index in [4.69, 9.17) is 16.3 Å². The van der Waals surface area contributed by atoms with Crippen LogP contribution in [0, 0.1) is 0 Å². The number of carbonyl (C=O) groups is 1. The first-order chi connectivity index (χ1) is 11.7. The van der Waals surface area contributed by atoms with Gasteiger partial charge in [0, 0.05) is 5.56 Å². The number of ether oxygens (including phenoxy) is 1. The van der Waals surface area contributed by atoms with Gasteiger partial charge < -0.3 is 4.74 Å². The highest BCUT2D eigenvalue weighted by molar-refractivity contribution is 7.23. The van der Waals surface area contributed by atoms with Crippen molar-refractivity contribution in [2.75, 3.05) is 12.4 Å². The molecule has 1 N–H and O–H groups in total. The average Bonchev–Trinajstić information content (AvgIpc) is 3.21. The van der Waals surface area contributed by atoms with Gasteiger partial charge in [0.1, 0.15) is 11.3 Å². The lowest BCUT2D eigenvalue weighted by Crippen LogP contribution is -2.11. The number of nitrogens with zero attached hydrogens (tertiary/aromatic N) is 2. The van der Waals surface area contributed by atoms with Crippen LogP contribution in [0.4, 0.5) is 5.13 Å². The quantitative estimate of drug-likeness (QED) is 0.557. The number of rotatable bonds is 3. The maximum absolute atomic E-state index is 12.5. The Morgan fingerprint density at radius 1 is 1.29 bits per heavy atom. The summed E-state index contributed by atoms with van der Waals surface area (Å²) in [6.07, 6.45) is 0. The van der Waals surface area contributed by atoms with Crippen molar-refractivity contribution in [2.45, 2.75) is 0 Å². The number of hydrogen-bond donors (Lipinski definition) is 1. The van der Waals surface area contributed by atoms with Crippen LogP contribution in [0.5, 0.6) is 5.75 Å². The van der Waals surface area contributed by atoms with Crippen LogP contribution in [-0.4, -0.2) is 23.0 Å². The highest BCUT2D eigenvalue weighted by Crippen LogP contribution is 2.37. The largest absolute Gasteiger partial charge is 0.494 e. The van der Waals surface area contributed by atoms with Crippen LogP contribution in [0.2, 0.25) is 5.02 Å². The molecule has 5 nitrogen and oxygen atoms in total. The lowest BCUT2D eigenvalue weighted by Gasteiger charge is -2.01. The standard InChI is InChI=1S/C16H10ClN3O2S2/c1-22-11-5-3-9(17)14-13(11)19-16(24-14)20-15(21)8-2-4-10-12(6-8)23-7-18-10/h2-7H,1H3,(H,19,20,21). The molecule has 0 aliphatic rings. The molecule has 2 aromatic carbocycles. The number of halogens is 1. The first kappa shape index (κ1) is 15.3. The van der Waals surface area contributed by atoms with Crippen LogP contribution in [-0.2, 0) is 0 Å². The van der Waals surface area contributed by atoms with Gasteiger partial charge in [0.2, 0.25) is 0 Å². The van der Waals surface area contributed by atoms with Crippen molar-refractivity contribution in [1.29, 1.82) is 0 Å². The second kappa shape index (κ2) is 6.01. The number of fused-ring (bicyclic) bond motifs is 2. The molecule has 0 spiro atoms. The Hall–Kier alpha value is -2.22. The predicted octanol–water partition coefficient (Wildman–Crippen LogP) is 4.82. The minimum atomic E-state index is -0.223. The zero-order valence-electron chi connectivity index (χ0n) is 12.4. The number of benzene rings is 2. The zero-order valence-corrected chi connectivity index (χ0v) is 14.8. The molecule has 0 unspecified atom stereocenters. The van der Waals surface area contributed by atoms with E-state index in [0.717, 1.165) is 14.9 Å². The topological polar surface area (TPSA) is 64.1 Å². The summed E-state index contributed by atoms with van der Waals surface area (Å²) in [6.45, 7) is 0. The minimum Gasteiger partial charge on any atom is -0.494 e. The summed E-state index contributed by atoms with van der Waals surface area (Å²) in [5, 5.41) is 3.88. The molecule has 1 amide bonds. The van der Waals surface area contributed by atoms with Crippen molar-refractivity contribution in [1.82, 2.24) is 9.97 Å². The summed E-state index contributed by atoms with van der Waals surface area (Å²) in [5.74, 6) is 0.400. The van der Waals surface area contributed by atoms with E-state index in [1.54, 1.807) is 30.8 Å². The first-order valence-electron chi connectivity index (χ1n) is 6.93. The smallest absolute Gasteiger partial charge is 0.257 e. The van der Waals surface area contributed by atoms with Gasteiger partial charge in [0.25, 0.3) is 5.91 Å². The minimum absolute atomic E-state index is 0.223. The van der Waals surface area contributed by atoms with Gasteiger partial charge in [-0.25, -0.2) is 9.97 Å². The van der Waals surface area contributed by atoms with E-state index < -0.39 is 0 Å². The van der Waals surface area contributed by atoms with E-state index in [0.29, 0.717) is 27.0 Å². The molecule has 24 heavy (non-hydrogen) atoms. The molecule has 0 atom stereocenters. The van der Waals surface area contributed by atoms with E-state index in [1.807, 2.05) is 12.1 Å². The molecule has 0 saturated carbocycles. The maximum Gasteiger partial charge on any atom is 0.257 e. The number of methoxy groups -OCH3 is 1. The van der Waals surface area contributed by atoms with Crippen molar-refractivity contribution in [3.63, 3.8) is 0 Å². The van der Waals surface area contributed by atoms with E-state index in [1.165, 1.54) is 22.7 Å². The Balaban J connectivity index is 1.68. The summed E-state index contributed by atoms with van der Waals surface area (Å²) in [4.78, 5) is 21.1. The molecule has 8 heteroatoms. The molecular weight excluding hydrogens is 366 g/mol. The van der Waals surface area contributed by atoms with Gasteiger partial charge in [0.15, 0.2) is 5.13 Å². The molecule has 0 fully saturated rings. The molecule has 4 rings (SSSR count). The number of thiazole rings is 2. The Morgan fingerprint density at radius 2 is 2.17 bits per heavy atom. The summed E-state index contributed by atoms with van der Waals surface area (Å²) in [5.41, 5.74) is 3.84. The Kier molecular flexibility index (Phi) is 3.84. The second-order valence-corrected chi connectivity index (χ2v) is 7.23. The van der Waals surface area contributed by atoms with Gasteiger partial charge in [-0.2, -0.15) is 0 Å². The van der Waals surface area contributed by atoms with Gasteiger partial charge in [-0.15, -0.1) is 11.3 Å². The lowest BCUT2D eigenvalue weighted by molar-refractivity contribution is 0.102. The van der Waals surface area contributed by atoms with E-state index in [9.17, 15) is 4.79 Å². The maximum atomic E-state index is 12.5. The van der Waals surface area contributed by atoms with Gasteiger partial charge in [-0.1, -0.05) is 22.9 Å². The molecule has 2 heterocycles. The molecule has 2 aromatic heterocycles. The SMILES string of the molecule is COc1ccc(Cl)c2sc(NC(=O)c3ccc4ncsc4c3)nc12. The molecule has 0 bridgehead atoms. The number of anilines is 1. The van der Waals surface area contributed by atoms with Gasteiger partial charge in [-0.05, 0) is 30.3 Å². The van der Waals surface area contributed by atoms with Crippen LogP contribution >= 0.6 is 34.3 Å². The normalized spacial score (nSPS) is 11.1. The zero-order chi connectivity index (χ0) is 16.7. The highest BCUT2D eigenvalue weighted by atomic mass is 35.5. The van der Waals surface area contributed by atoms with Gasteiger partial charge in [0.05, 0.1) is 32.6 Å². The molecule has 4 aromatic rings. The highest BCUT2D eigenvalue weighted by Gasteiger charge is 2.15. The van der Waals surface area contributed by atoms with E-state index in [2.05, 4.69) is 15.3 Å². The monoisotopic (exact) mass is 375 g/mol. The number of aromatic nitrogens is 2. The molecule has 0 radical (unpaired) electrons. The Labute approximate surface area is 149 Å². The lowest BCUT2D eigenvalue weighted by atomic mass is 10.2. The van der Waals surface area contributed by atoms with Crippen molar-refractivity contribution in [3.8, 4) is 5.75 Å². The Morgan fingerprint density at radius 3 is 3.00 bits per heavy atom. The average molecular weight is 376 g/mol. The van der Waals surface area contributed by atoms with Crippen molar-refractivity contribution < 1.29 is 9.53 Å². The third kappa shape index (κ3) is 2.60. The van der Waals surface area contributed by atoms with Gasteiger partial charge in [-0.3, -0.25) is 10.1 Å². The van der Waals surface area contributed by atoms with E-state index >= 15 is 0 Å². The number of hydrogen-bond acceptors (Lipinski definition) is 6. The fourth-order valence-corrected chi connectivity index (χ4v) is 4.20. The summed E-state index contributed by atoms with van der Waals surface area (Å²) >= 11 is 9.02. The third-order valence-corrected chi connectivity index (χ3v) is 5.72. The summed E-state index contributed by atoms with van der Waals surface area (Å²) in [6, 6.07) is 8.92. The molecule has 120 valence electrons. The fraction of sp³-hybridized carbons (Fsp3) is 0.0625. The predicted molar refractivity (Wildman–Crippen MR) is 98.8 cm³/mol. The summed E-state index contributed by atoms with van der Waals surface area (Å²) in [7, 11) is 1.57. The van der Waals surface area contributed by atoms with E-state index in [-0.39, 0.29) is 5.91 Å². The first-order valence-corrected chi connectivity index (χ1v) is 9.01. The number of carbonyl (C=O) groups excluding carboxylic acids is 1. The second-order valence-electron chi connectivity index (χ2n) is 4.94.